The Morgan fingerprint density at radius 2 is 1.82 bits per heavy atom. The van der Waals surface area contributed by atoms with Crippen LogP contribution in [0.5, 0.6) is 0 Å². The number of guanidine groups is 1. The molecule has 0 aromatic heterocycles. The van der Waals surface area contributed by atoms with Crippen LogP contribution in [0.15, 0.2) is 4.99 Å². The zero-order valence-electron chi connectivity index (χ0n) is 11.6. The van der Waals surface area contributed by atoms with Gasteiger partial charge in [0, 0.05) is 27.2 Å². The summed E-state index contributed by atoms with van der Waals surface area (Å²) in [6, 6.07) is 0. The van der Waals surface area contributed by atoms with Gasteiger partial charge in [-0.3, -0.25) is 4.99 Å². The molecule has 0 rings (SSSR count). The fourth-order valence-electron chi connectivity index (χ4n) is 1.19. The molecule has 0 aliphatic heterocycles. The number of rotatable bonds is 9. The maximum absolute atomic E-state index is 5.34. The van der Waals surface area contributed by atoms with Crippen molar-refractivity contribution >= 4 is 5.96 Å². The SMILES string of the molecule is CN=C(NCCOCCOC)NCCC(C)C. The second-order valence-electron chi connectivity index (χ2n) is 4.21. The predicted octanol–water partition coefficient (Wildman–Crippen LogP) is 0.860. The molecule has 2 N–H and O–H groups in total. The highest BCUT2D eigenvalue weighted by Gasteiger charge is 1.98. The molecule has 5 nitrogen and oxygen atoms in total. The van der Waals surface area contributed by atoms with Crippen LogP contribution in [0.3, 0.4) is 0 Å². The Kier molecular flexibility index (Phi) is 11.1. The number of aliphatic imine (C=N–C) groups is 1. The van der Waals surface area contributed by atoms with Crippen LogP contribution in [0.25, 0.3) is 0 Å². The number of methoxy groups -OCH3 is 1. The normalized spacial score (nSPS) is 11.9. The molecule has 0 atom stereocenters. The topological polar surface area (TPSA) is 54.9 Å². The lowest BCUT2D eigenvalue weighted by Gasteiger charge is -2.12. The summed E-state index contributed by atoms with van der Waals surface area (Å²) in [4.78, 5) is 4.13. The van der Waals surface area contributed by atoms with Crippen LogP contribution in [0.4, 0.5) is 0 Å². The quantitative estimate of drug-likeness (QED) is 0.359. The highest BCUT2D eigenvalue weighted by molar-refractivity contribution is 5.79. The van der Waals surface area contributed by atoms with Gasteiger partial charge in [-0.2, -0.15) is 0 Å². The minimum Gasteiger partial charge on any atom is -0.382 e. The van der Waals surface area contributed by atoms with Crippen LogP contribution >= 0.6 is 0 Å². The van der Waals surface area contributed by atoms with E-state index in [1.807, 2.05) is 0 Å². The molecule has 0 radical (unpaired) electrons. The molecule has 0 amide bonds. The van der Waals surface area contributed by atoms with Crippen molar-refractivity contribution in [1.29, 1.82) is 0 Å². The molecule has 0 saturated carbocycles. The zero-order chi connectivity index (χ0) is 12.9. The Balaban J connectivity index is 3.42. The van der Waals surface area contributed by atoms with Crippen LogP contribution in [0.2, 0.25) is 0 Å². The highest BCUT2D eigenvalue weighted by atomic mass is 16.5. The van der Waals surface area contributed by atoms with Crippen molar-refractivity contribution in [2.24, 2.45) is 10.9 Å². The molecule has 17 heavy (non-hydrogen) atoms. The molecule has 0 bridgehead atoms. The zero-order valence-corrected chi connectivity index (χ0v) is 11.6. The van der Waals surface area contributed by atoms with Gasteiger partial charge in [0.05, 0.1) is 19.8 Å². The Morgan fingerprint density at radius 3 is 2.41 bits per heavy atom. The average molecular weight is 245 g/mol. The number of hydrogen-bond donors (Lipinski definition) is 2. The van der Waals surface area contributed by atoms with E-state index in [1.165, 1.54) is 0 Å². The Morgan fingerprint density at radius 1 is 1.12 bits per heavy atom. The first-order valence-corrected chi connectivity index (χ1v) is 6.22. The van der Waals surface area contributed by atoms with Crippen molar-refractivity contribution in [3.8, 4) is 0 Å². The average Bonchev–Trinajstić information content (AvgIpc) is 2.30. The maximum Gasteiger partial charge on any atom is 0.191 e. The van der Waals surface area contributed by atoms with Crippen molar-refractivity contribution in [1.82, 2.24) is 10.6 Å². The largest absolute Gasteiger partial charge is 0.382 e. The second kappa shape index (κ2) is 11.7. The third-order valence-corrected chi connectivity index (χ3v) is 2.21. The van der Waals surface area contributed by atoms with E-state index < -0.39 is 0 Å². The molecule has 0 aliphatic carbocycles. The molecule has 0 saturated heterocycles. The van der Waals surface area contributed by atoms with Gasteiger partial charge < -0.3 is 20.1 Å². The summed E-state index contributed by atoms with van der Waals surface area (Å²) in [7, 11) is 3.44. The third-order valence-electron chi connectivity index (χ3n) is 2.21. The number of nitrogens with zero attached hydrogens (tertiary/aromatic N) is 1. The van der Waals surface area contributed by atoms with E-state index in [4.69, 9.17) is 9.47 Å². The monoisotopic (exact) mass is 245 g/mol. The fraction of sp³-hybridized carbons (Fsp3) is 0.917. The van der Waals surface area contributed by atoms with E-state index in [-0.39, 0.29) is 0 Å². The first kappa shape index (κ1) is 16.2. The van der Waals surface area contributed by atoms with Gasteiger partial charge in [-0.1, -0.05) is 13.8 Å². The molecular formula is C12H27N3O2. The molecule has 5 heteroatoms. The fourth-order valence-corrected chi connectivity index (χ4v) is 1.19. The molecule has 0 unspecified atom stereocenters. The Labute approximate surface area is 105 Å². The van der Waals surface area contributed by atoms with Crippen LogP contribution in [-0.4, -0.2) is 53.0 Å². The summed E-state index contributed by atoms with van der Waals surface area (Å²) < 4.78 is 10.2. The number of hydrogen-bond acceptors (Lipinski definition) is 3. The van der Waals surface area contributed by atoms with Gasteiger partial charge in [0.1, 0.15) is 0 Å². The van der Waals surface area contributed by atoms with E-state index in [1.54, 1.807) is 14.2 Å². The van der Waals surface area contributed by atoms with Gasteiger partial charge >= 0.3 is 0 Å². The van der Waals surface area contributed by atoms with E-state index >= 15 is 0 Å². The van der Waals surface area contributed by atoms with Gasteiger partial charge in [-0.05, 0) is 12.3 Å². The van der Waals surface area contributed by atoms with E-state index in [0.29, 0.717) is 25.7 Å². The molecule has 102 valence electrons. The minimum atomic E-state index is 0.636. The third kappa shape index (κ3) is 11.5. The first-order chi connectivity index (χ1) is 8.20. The van der Waals surface area contributed by atoms with E-state index in [0.717, 1.165) is 25.5 Å². The Bertz CT molecular complexity index is 196. The van der Waals surface area contributed by atoms with Crippen molar-refractivity contribution in [3.05, 3.63) is 0 Å². The summed E-state index contributed by atoms with van der Waals surface area (Å²) in [5.74, 6) is 1.54. The standard InChI is InChI=1S/C12H27N3O2/c1-11(2)5-6-14-12(13-3)15-7-8-17-10-9-16-4/h11H,5-10H2,1-4H3,(H2,13,14,15). The van der Waals surface area contributed by atoms with Gasteiger partial charge in [0.15, 0.2) is 5.96 Å². The number of ether oxygens (including phenoxy) is 2. The second-order valence-corrected chi connectivity index (χ2v) is 4.21. The van der Waals surface area contributed by atoms with Crippen LogP contribution in [0.1, 0.15) is 20.3 Å². The van der Waals surface area contributed by atoms with Crippen LogP contribution in [-0.2, 0) is 9.47 Å². The molecule has 0 spiro atoms. The number of nitrogens with one attached hydrogen (secondary N) is 2. The summed E-state index contributed by atoms with van der Waals surface area (Å²) in [6.45, 7) is 8.06. The van der Waals surface area contributed by atoms with Crippen LogP contribution in [0, 0.1) is 5.92 Å². The maximum atomic E-state index is 5.34. The molecule has 0 aromatic rings. The summed E-state index contributed by atoms with van der Waals surface area (Å²) in [5, 5.41) is 6.45. The predicted molar refractivity (Wildman–Crippen MR) is 71.5 cm³/mol. The van der Waals surface area contributed by atoms with Crippen molar-refractivity contribution in [3.63, 3.8) is 0 Å². The van der Waals surface area contributed by atoms with Crippen LogP contribution < -0.4 is 10.6 Å². The van der Waals surface area contributed by atoms with Crippen molar-refractivity contribution in [2.75, 3.05) is 47.1 Å². The molecule has 0 aliphatic rings. The van der Waals surface area contributed by atoms with Gasteiger partial charge in [-0.15, -0.1) is 0 Å². The van der Waals surface area contributed by atoms with Gasteiger partial charge in [0.2, 0.25) is 0 Å². The summed E-state index contributed by atoms with van der Waals surface area (Å²) in [6.07, 6.45) is 1.14. The summed E-state index contributed by atoms with van der Waals surface area (Å²) in [5.41, 5.74) is 0. The van der Waals surface area contributed by atoms with Gasteiger partial charge in [0.25, 0.3) is 0 Å². The van der Waals surface area contributed by atoms with E-state index in [2.05, 4.69) is 29.5 Å². The molecule has 0 fully saturated rings. The summed E-state index contributed by atoms with van der Waals surface area (Å²) >= 11 is 0. The van der Waals surface area contributed by atoms with Crippen molar-refractivity contribution in [2.45, 2.75) is 20.3 Å². The Hall–Kier alpha value is -0.810. The van der Waals surface area contributed by atoms with Gasteiger partial charge in [-0.25, -0.2) is 0 Å². The van der Waals surface area contributed by atoms with Crippen molar-refractivity contribution < 1.29 is 9.47 Å². The smallest absolute Gasteiger partial charge is 0.191 e. The lowest BCUT2D eigenvalue weighted by Crippen LogP contribution is -2.39. The molecular weight excluding hydrogens is 218 g/mol. The minimum absolute atomic E-state index is 0.636. The lowest BCUT2D eigenvalue weighted by atomic mass is 10.1. The lowest BCUT2D eigenvalue weighted by molar-refractivity contribution is 0.0733. The molecule has 0 aromatic carbocycles. The highest BCUT2D eigenvalue weighted by Crippen LogP contribution is 1.95. The first-order valence-electron chi connectivity index (χ1n) is 6.22. The molecule has 0 heterocycles. The van der Waals surface area contributed by atoms with E-state index in [9.17, 15) is 0 Å².